The van der Waals surface area contributed by atoms with Gasteiger partial charge in [-0.3, -0.25) is 4.79 Å². The Bertz CT molecular complexity index is 830. The third-order valence-electron chi connectivity index (χ3n) is 2.74. The highest BCUT2D eigenvalue weighted by Crippen LogP contribution is 2.23. The number of benzene rings is 1. The summed E-state index contributed by atoms with van der Waals surface area (Å²) in [6.45, 7) is 0.309. The van der Waals surface area contributed by atoms with Gasteiger partial charge in [-0.2, -0.15) is 0 Å². The molecule has 0 amide bonds. The number of fused-ring (bicyclic) bond motifs is 1. The highest BCUT2D eigenvalue weighted by molar-refractivity contribution is 9.10. The summed E-state index contributed by atoms with van der Waals surface area (Å²) in [5, 5.41) is 4.86. The molecule has 2 aromatic heterocycles. The molecular weight excluding hydrogens is 345 g/mol. The standard InChI is InChI=1S/C13H9BrFN3OS/c14-8-2-1-7(15)5-10(8)16-6-11-17-9-3-4-20-12(9)13(19)18-11/h1-5,16H,6H2,(H,17,18,19). The summed E-state index contributed by atoms with van der Waals surface area (Å²) in [5.74, 6) is 0.183. The van der Waals surface area contributed by atoms with Gasteiger partial charge in [-0.1, -0.05) is 0 Å². The van der Waals surface area contributed by atoms with Crippen LogP contribution in [0.25, 0.3) is 10.2 Å². The zero-order valence-corrected chi connectivity index (χ0v) is 12.5. The maximum atomic E-state index is 13.2. The maximum Gasteiger partial charge on any atom is 0.268 e. The maximum absolute atomic E-state index is 13.2. The van der Waals surface area contributed by atoms with Crippen LogP contribution in [-0.4, -0.2) is 9.97 Å². The molecule has 2 N–H and O–H groups in total. The molecule has 0 spiro atoms. The summed E-state index contributed by atoms with van der Waals surface area (Å²) < 4.78 is 14.5. The minimum atomic E-state index is -0.328. The summed E-state index contributed by atoms with van der Waals surface area (Å²) in [6, 6.07) is 6.17. The van der Waals surface area contributed by atoms with Gasteiger partial charge < -0.3 is 10.3 Å². The van der Waals surface area contributed by atoms with Gasteiger partial charge in [-0.15, -0.1) is 11.3 Å². The van der Waals surface area contributed by atoms with Crippen LogP contribution in [0.15, 0.2) is 38.9 Å². The molecule has 0 aliphatic carbocycles. The lowest BCUT2D eigenvalue weighted by molar-refractivity contribution is 0.628. The normalized spacial score (nSPS) is 10.9. The average Bonchev–Trinajstić information content (AvgIpc) is 2.89. The van der Waals surface area contributed by atoms with E-state index < -0.39 is 0 Å². The van der Waals surface area contributed by atoms with Gasteiger partial charge in [-0.05, 0) is 45.6 Å². The Kier molecular flexibility index (Phi) is 3.54. The fourth-order valence-electron chi connectivity index (χ4n) is 1.82. The number of rotatable bonds is 3. The van der Waals surface area contributed by atoms with Gasteiger partial charge in [-0.25, -0.2) is 9.37 Å². The van der Waals surface area contributed by atoms with E-state index in [-0.39, 0.29) is 11.4 Å². The largest absolute Gasteiger partial charge is 0.377 e. The molecule has 0 aliphatic heterocycles. The number of H-pyrrole nitrogens is 1. The summed E-state index contributed by atoms with van der Waals surface area (Å²) in [6.07, 6.45) is 0. The highest BCUT2D eigenvalue weighted by atomic mass is 79.9. The van der Waals surface area contributed by atoms with Crippen LogP contribution in [0.2, 0.25) is 0 Å². The van der Waals surface area contributed by atoms with Crippen molar-refractivity contribution in [2.45, 2.75) is 6.54 Å². The molecule has 0 bridgehead atoms. The molecular formula is C13H9BrFN3OS. The third kappa shape index (κ3) is 2.59. The van der Waals surface area contributed by atoms with Crippen molar-refractivity contribution in [3.8, 4) is 0 Å². The number of nitrogens with one attached hydrogen (secondary N) is 2. The Morgan fingerprint density at radius 1 is 1.40 bits per heavy atom. The van der Waals surface area contributed by atoms with Crippen LogP contribution < -0.4 is 10.9 Å². The lowest BCUT2D eigenvalue weighted by atomic mass is 10.3. The predicted octanol–water partition coefficient (Wildman–Crippen LogP) is 3.50. The van der Waals surface area contributed by atoms with E-state index in [1.54, 1.807) is 12.1 Å². The first-order valence-electron chi connectivity index (χ1n) is 5.79. The van der Waals surface area contributed by atoms with Gasteiger partial charge in [0.2, 0.25) is 0 Å². The first kappa shape index (κ1) is 13.3. The molecule has 0 unspecified atom stereocenters. The van der Waals surface area contributed by atoms with Crippen LogP contribution in [0, 0.1) is 5.82 Å². The Morgan fingerprint density at radius 3 is 3.10 bits per heavy atom. The Balaban J connectivity index is 1.86. The zero-order chi connectivity index (χ0) is 14.1. The molecule has 0 aliphatic rings. The van der Waals surface area contributed by atoms with E-state index in [1.165, 1.54) is 23.5 Å². The van der Waals surface area contributed by atoms with Gasteiger partial charge in [0.1, 0.15) is 16.3 Å². The van der Waals surface area contributed by atoms with E-state index in [4.69, 9.17) is 0 Å². The summed E-state index contributed by atoms with van der Waals surface area (Å²) in [4.78, 5) is 18.9. The molecule has 7 heteroatoms. The molecule has 3 aromatic rings. The predicted molar refractivity (Wildman–Crippen MR) is 81.7 cm³/mol. The van der Waals surface area contributed by atoms with Crippen LogP contribution in [0.3, 0.4) is 0 Å². The van der Waals surface area contributed by atoms with E-state index >= 15 is 0 Å². The van der Waals surface area contributed by atoms with E-state index in [1.807, 2.05) is 5.38 Å². The van der Waals surface area contributed by atoms with Crippen molar-refractivity contribution in [3.05, 3.63) is 56.1 Å². The van der Waals surface area contributed by atoms with Crippen LogP contribution in [-0.2, 0) is 6.54 Å². The van der Waals surface area contributed by atoms with Crippen molar-refractivity contribution >= 4 is 43.2 Å². The molecule has 1 aromatic carbocycles. The van der Waals surface area contributed by atoms with Crippen LogP contribution in [0.4, 0.5) is 10.1 Å². The second-order valence-electron chi connectivity index (χ2n) is 4.13. The van der Waals surface area contributed by atoms with Gasteiger partial charge in [0.05, 0.1) is 17.7 Å². The monoisotopic (exact) mass is 353 g/mol. The van der Waals surface area contributed by atoms with Gasteiger partial charge >= 0.3 is 0 Å². The molecule has 2 heterocycles. The summed E-state index contributed by atoms with van der Waals surface area (Å²) >= 11 is 4.69. The average molecular weight is 354 g/mol. The van der Waals surface area contributed by atoms with Gasteiger partial charge in [0.25, 0.3) is 5.56 Å². The minimum Gasteiger partial charge on any atom is -0.377 e. The molecule has 0 saturated carbocycles. The Hall–Kier alpha value is -1.73. The first-order valence-corrected chi connectivity index (χ1v) is 7.46. The minimum absolute atomic E-state index is 0.153. The molecule has 102 valence electrons. The first-order chi connectivity index (χ1) is 9.63. The van der Waals surface area contributed by atoms with E-state index in [2.05, 4.69) is 31.2 Å². The van der Waals surface area contributed by atoms with Crippen LogP contribution in [0.5, 0.6) is 0 Å². The van der Waals surface area contributed by atoms with Crippen molar-refractivity contribution in [3.63, 3.8) is 0 Å². The molecule has 0 atom stereocenters. The second-order valence-corrected chi connectivity index (χ2v) is 5.90. The number of aromatic nitrogens is 2. The number of aromatic amines is 1. The SMILES string of the molecule is O=c1[nH]c(CNc2cc(F)ccc2Br)nc2ccsc12. The molecule has 4 nitrogen and oxygen atoms in total. The van der Waals surface area contributed by atoms with Crippen molar-refractivity contribution in [1.29, 1.82) is 0 Å². The second kappa shape index (κ2) is 5.34. The van der Waals surface area contributed by atoms with Gasteiger partial charge in [0, 0.05) is 4.47 Å². The summed E-state index contributed by atoms with van der Waals surface area (Å²) in [5.41, 5.74) is 1.13. The number of hydrogen-bond donors (Lipinski definition) is 2. The van der Waals surface area contributed by atoms with Crippen molar-refractivity contribution in [2.75, 3.05) is 5.32 Å². The van der Waals surface area contributed by atoms with E-state index in [0.29, 0.717) is 28.3 Å². The molecule has 0 saturated heterocycles. The lowest BCUT2D eigenvalue weighted by Gasteiger charge is -2.08. The molecule has 20 heavy (non-hydrogen) atoms. The fraction of sp³-hybridized carbons (Fsp3) is 0.0769. The van der Waals surface area contributed by atoms with Crippen LogP contribution in [0.1, 0.15) is 5.82 Å². The number of nitrogens with zero attached hydrogens (tertiary/aromatic N) is 1. The fourth-order valence-corrected chi connectivity index (χ4v) is 2.93. The zero-order valence-electron chi connectivity index (χ0n) is 10.1. The number of thiophene rings is 1. The topological polar surface area (TPSA) is 57.8 Å². The quantitative estimate of drug-likeness (QED) is 0.757. The third-order valence-corrected chi connectivity index (χ3v) is 4.33. The van der Waals surface area contributed by atoms with E-state index in [0.717, 1.165) is 4.47 Å². The molecule has 0 fully saturated rings. The molecule has 0 radical (unpaired) electrons. The smallest absolute Gasteiger partial charge is 0.268 e. The highest BCUT2D eigenvalue weighted by Gasteiger charge is 2.06. The van der Waals surface area contributed by atoms with Crippen molar-refractivity contribution in [2.24, 2.45) is 0 Å². The lowest BCUT2D eigenvalue weighted by Crippen LogP contribution is -2.13. The van der Waals surface area contributed by atoms with Crippen LogP contribution >= 0.6 is 27.3 Å². The summed E-state index contributed by atoms with van der Waals surface area (Å²) in [7, 11) is 0. The van der Waals surface area contributed by atoms with Gasteiger partial charge in [0.15, 0.2) is 0 Å². The molecule has 3 rings (SSSR count). The Labute approximate surface area is 125 Å². The number of anilines is 1. The van der Waals surface area contributed by atoms with Crippen molar-refractivity contribution in [1.82, 2.24) is 9.97 Å². The number of hydrogen-bond acceptors (Lipinski definition) is 4. The number of halogens is 2. The Morgan fingerprint density at radius 2 is 2.25 bits per heavy atom. The van der Waals surface area contributed by atoms with Crippen molar-refractivity contribution < 1.29 is 4.39 Å². The van der Waals surface area contributed by atoms with E-state index in [9.17, 15) is 9.18 Å².